The molecule has 1 atom stereocenters. The van der Waals surface area contributed by atoms with Gasteiger partial charge in [-0.15, -0.1) is 0 Å². The fraction of sp³-hybridized carbons (Fsp3) is 0.579. The number of carbonyl (C=O) groups excluding carboxylic acids is 2. The van der Waals surface area contributed by atoms with Crippen LogP contribution in [-0.2, 0) is 11.2 Å². The number of ether oxygens (including phenoxy) is 1. The number of likely N-dealkylation sites (tertiary alicyclic amines) is 1. The minimum atomic E-state index is -0.130. The SMILES string of the molecule is CNC(=O)c1cccc(CCNC(=O)N2CCC[C@@](C)(OC)CC2)c1. The van der Waals surface area contributed by atoms with Crippen LogP contribution in [0.5, 0.6) is 0 Å². The first-order valence-corrected chi connectivity index (χ1v) is 8.86. The van der Waals surface area contributed by atoms with E-state index in [0.717, 1.165) is 31.4 Å². The summed E-state index contributed by atoms with van der Waals surface area (Å²) < 4.78 is 5.57. The van der Waals surface area contributed by atoms with Crippen molar-refractivity contribution in [3.05, 3.63) is 35.4 Å². The summed E-state index contributed by atoms with van der Waals surface area (Å²) in [7, 11) is 3.35. The molecule has 6 nitrogen and oxygen atoms in total. The normalized spacial score (nSPS) is 20.7. The zero-order valence-corrected chi connectivity index (χ0v) is 15.4. The van der Waals surface area contributed by atoms with E-state index in [1.165, 1.54) is 0 Å². The molecular weight excluding hydrogens is 318 g/mol. The van der Waals surface area contributed by atoms with Crippen LogP contribution in [0.2, 0.25) is 0 Å². The number of amides is 3. The summed E-state index contributed by atoms with van der Waals surface area (Å²) in [6.45, 7) is 4.13. The molecule has 138 valence electrons. The molecular formula is C19H29N3O3. The van der Waals surface area contributed by atoms with Crippen LogP contribution in [0.4, 0.5) is 4.79 Å². The number of nitrogens with zero attached hydrogens (tertiary/aromatic N) is 1. The molecule has 1 aromatic rings. The van der Waals surface area contributed by atoms with E-state index >= 15 is 0 Å². The maximum absolute atomic E-state index is 12.4. The lowest BCUT2D eigenvalue weighted by Gasteiger charge is -2.26. The molecule has 2 N–H and O–H groups in total. The monoisotopic (exact) mass is 347 g/mol. The quantitative estimate of drug-likeness (QED) is 0.858. The first-order valence-electron chi connectivity index (χ1n) is 8.86. The van der Waals surface area contributed by atoms with E-state index < -0.39 is 0 Å². The topological polar surface area (TPSA) is 70.7 Å². The Balaban J connectivity index is 1.81. The van der Waals surface area contributed by atoms with Gasteiger partial charge in [-0.25, -0.2) is 4.79 Å². The van der Waals surface area contributed by atoms with Crippen LogP contribution >= 0.6 is 0 Å². The smallest absolute Gasteiger partial charge is 0.317 e. The molecule has 0 aromatic heterocycles. The Morgan fingerprint density at radius 1 is 1.28 bits per heavy atom. The third kappa shape index (κ3) is 5.46. The van der Waals surface area contributed by atoms with E-state index in [-0.39, 0.29) is 17.5 Å². The number of nitrogens with one attached hydrogen (secondary N) is 2. The van der Waals surface area contributed by atoms with E-state index in [1.807, 2.05) is 23.1 Å². The van der Waals surface area contributed by atoms with Crippen molar-refractivity contribution in [2.75, 3.05) is 33.8 Å². The van der Waals surface area contributed by atoms with Crippen molar-refractivity contribution in [2.45, 2.75) is 38.2 Å². The highest BCUT2D eigenvalue weighted by Crippen LogP contribution is 2.24. The molecule has 25 heavy (non-hydrogen) atoms. The molecule has 1 aliphatic rings. The molecule has 0 aliphatic carbocycles. The summed E-state index contributed by atoms with van der Waals surface area (Å²) in [5.41, 5.74) is 1.54. The fourth-order valence-corrected chi connectivity index (χ4v) is 3.10. The van der Waals surface area contributed by atoms with Crippen LogP contribution < -0.4 is 10.6 Å². The van der Waals surface area contributed by atoms with Crippen LogP contribution in [0.25, 0.3) is 0 Å². The van der Waals surface area contributed by atoms with Gasteiger partial charge >= 0.3 is 6.03 Å². The zero-order chi connectivity index (χ0) is 18.3. The Bertz CT molecular complexity index is 605. The van der Waals surface area contributed by atoms with E-state index in [9.17, 15) is 9.59 Å². The van der Waals surface area contributed by atoms with E-state index in [2.05, 4.69) is 17.6 Å². The van der Waals surface area contributed by atoms with E-state index in [0.29, 0.717) is 25.1 Å². The standard InChI is InChI=1S/C19H29N3O3/c1-19(25-3)9-5-12-22(13-10-19)18(24)21-11-8-15-6-4-7-16(14-15)17(23)20-2/h4,6-7,14H,5,8-13H2,1-3H3,(H,20,23)(H,21,24)/t19-/m1/s1. The summed E-state index contributed by atoms with van der Waals surface area (Å²) in [6.07, 6.45) is 3.47. The molecule has 1 saturated heterocycles. The number of rotatable bonds is 5. The second kappa shape index (κ2) is 8.85. The van der Waals surface area contributed by atoms with Gasteiger partial charge in [-0.2, -0.15) is 0 Å². The number of carbonyl (C=O) groups is 2. The molecule has 0 saturated carbocycles. The molecule has 0 spiro atoms. The van der Waals surface area contributed by atoms with Crippen molar-refractivity contribution >= 4 is 11.9 Å². The minimum Gasteiger partial charge on any atom is -0.378 e. The van der Waals surface area contributed by atoms with E-state index in [4.69, 9.17) is 4.74 Å². The third-order valence-corrected chi connectivity index (χ3v) is 4.93. The lowest BCUT2D eigenvalue weighted by molar-refractivity contribution is -0.00499. The van der Waals surface area contributed by atoms with Crippen molar-refractivity contribution < 1.29 is 14.3 Å². The van der Waals surface area contributed by atoms with Crippen LogP contribution in [0.3, 0.4) is 0 Å². The predicted octanol–water partition coefficient (Wildman–Crippen LogP) is 2.19. The van der Waals surface area contributed by atoms with Crippen molar-refractivity contribution in [1.29, 1.82) is 0 Å². The summed E-state index contributed by atoms with van der Waals surface area (Å²) in [6, 6.07) is 7.45. The second-order valence-corrected chi connectivity index (χ2v) is 6.76. The minimum absolute atomic E-state index is 0.0252. The van der Waals surface area contributed by atoms with Gasteiger partial charge in [0, 0.05) is 39.4 Å². The molecule has 6 heteroatoms. The highest BCUT2D eigenvalue weighted by atomic mass is 16.5. The Morgan fingerprint density at radius 3 is 2.80 bits per heavy atom. The molecule has 0 unspecified atom stereocenters. The first-order chi connectivity index (χ1) is 12.0. The number of hydrogen-bond donors (Lipinski definition) is 2. The van der Waals surface area contributed by atoms with Crippen molar-refractivity contribution in [1.82, 2.24) is 15.5 Å². The van der Waals surface area contributed by atoms with Gasteiger partial charge in [0.1, 0.15) is 0 Å². The predicted molar refractivity (Wildman–Crippen MR) is 97.8 cm³/mol. The van der Waals surface area contributed by atoms with Crippen LogP contribution in [0.1, 0.15) is 42.1 Å². The summed E-state index contributed by atoms with van der Waals surface area (Å²) in [5.74, 6) is -0.100. The van der Waals surface area contributed by atoms with Crippen LogP contribution in [0.15, 0.2) is 24.3 Å². The van der Waals surface area contributed by atoms with E-state index in [1.54, 1.807) is 20.2 Å². The number of hydrogen-bond acceptors (Lipinski definition) is 3. The molecule has 3 amide bonds. The molecule has 1 heterocycles. The average molecular weight is 347 g/mol. The van der Waals surface area contributed by atoms with Crippen LogP contribution in [0, 0.1) is 0 Å². The van der Waals surface area contributed by atoms with Gasteiger partial charge < -0.3 is 20.3 Å². The third-order valence-electron chi connectivity index (χ3n) is 4.93. The van der Waals surface area contributed by atoms with Gasteiger partial charge in [-0.3, -0.25) is 4.79 Å². The maximum atomic E-state index is 12.4. The number of benzene rings is 1. The Labute approximate surface area is 149 Å². The van der Waals surface area contributed by atoms with Crippen LogP contribution in [-0.4, -0.2) is 56.2 Å². The van der Waals surface area contributed by atoms with Crippen molar-refractivity contribution in [2.24, 2.45) is 0 Å². The Hall–Kier alpha value is -2.08. The van der Waals surface area contributed by atoms with Gasteiger partial charge in [0.05, 0.1) is 5.60 Å². The first kappa shape index (κ1) is 19.2. The molecule has 2 rings (SSSR count). The van der Waals surface area contributed by atoms with Gasteiger partial charge in [0.25, 0.3) is 5.91 Å². The summed E-state index contributed by atoms with van der Waals surface area (Å²) in [5, 5.41) is 5.60. The Morgan fingerprint density at radius 2 is 2.08 bits per heavy atom. The van der Waals surface area contributed by atoms with Gasteiger partial charge in [-0.1, -0.05) is 12.1 Å². The molecule has 1 aromatic carbocycles. The fourth-order valence-electron chi connectivity index (χ4n) is 3.10. The lowest BCUT2D eigenvalue weighted by atomic mass is 9.97. The van der Waals surface area contributed by atoms with Gasteiger partial charge in [0.2, 0.25) is 0 Å². The highest BCUT2D eigenvalue weighted by molar-refractivity contribution is 5.94. The number of methoxy groups -OCH3 is 1. The van der Waals surface area contributed by atoms with Crippen molar-refractivity contribution in [3.8, 4) is 0 Å². The second-order valence-electron chi connectivity index (χ2n) is 6.76. The summed E-state index contributed by atoms with van der Waals surface area (Å²) >= 11 is 0. The van der Waals surface area contributed by atoms with Gasteiger partial charge in [-0.05, 0) is 50.3 Å². The Kier molecular flexibility index (Phi) is 6.82. The largest absolute Gasteiger partial charge is 0.378 e. The molecule has 1 aliphatic heterocycles. The molecule has 0 radical (unpaired) electrons. The van der Waals surface area contributed by atoms with Gasteiger partial charge in [0.15, 0.2) is 0 Å². The average Bonchev–Trinajstić information content (AvgIpc) is 2.83. The number of urea groups is 1. The highest BCUT2D eigenvalue weighted by Gasteiger charge is 2.28. The van der Waals surface area contributed by atoms with Crippen molar-refractivity contribution in [3.63, 3.8) is 0 Å². The maximum Gasteiger partial charge on any atom is 0.317 e. The molecule has 1 fully saturated rings. The molecule has 0 bridgehead atoms. The summed E-state index contributed by atoms with van der Waals surface area (Å²) in [4.78, 5) is 25.9. The zero-order valence-electron chi connectivity index (χ0n) is 15.4. The lowest BCUT2D eigenvalue weighted by Crippen LogP contribution is -2.41.